The molecule has 0 bridgehead atoms. The van der Waals surface area contributed by atoms with E-state index in [0.29, 0.717) is 43.3 Å². The van der Waals surface area contributed by atoms with E-state index in [0.717, 1.165) is 13.1 Å². The number of carbonyl (C=O) groups excluding carboxylic acids is 2. The normalized spacial score (nSPS) is 14.9. The van der Waals surface area contributed by atoms with Gasteiger partial charge < -0.3 is 19.4 Å². The number of furan rings is 1. The molecule has 1 saturated heterocycles. The predicted octanol–water partition coefficient (Wildman–Crippen LogP) is 2.85. The van der Waals surface area contributed by atoms with E-state index in [1.807, 2.05) is 38.1 Å². The van der Waals surface area contributed by atoms with E-state index in [1.165, 1.54) is 6.26 Å². The van der Waals surface area contributed by atoms with E-state index in [-0.39, 0.29) is 17.9 Å². The average molecular weight is 385 g/mol. The Morgan fingerprint density at radius 2 is 1.86 bits per heavy atom. The van der Waals surface area contributed by atoms with Gasteiger partial charge in [-0.15, -0.1) is 0 Å². The first-order valence-electron chi connectivity index (χ1n) is 9.63. The van der Waals surface area contributed by atoms with Gasteiger partial charge in [0.15, 0.2) is 5.76 Å². The van der Waals surface area contributed by atoms with Crippen molar-refractivity contribution in [3.05, 3.63) is 48.4 Å². The summed E-state index contributed by atoms with van der Waals surface area (Å²) in [6.07, 6.45) is 1.94. The van der Waals surface area contributed by atoms with Crippen LogP contribution >= 0.6 is 0 Å². The third-order valence-electron chi connectivity index (χ3n) is 4.57. The lowest BCUT2D eigenvalue weighted by Gasteiger charge is -2.34. The molecule has 7 heteroatoms. The van der Waals surface area contributed by atoms with Crippen LogP contribution in [0.5, 0.6) is 5.75 Å². The van der Waals surface area contributed by atoms with Crippen molar-refractivity contribution in [1.82, 2.24) is 9.80 Å². The summed E-state index contributed by atoms with van der Waals surface area (Å²) >= 11 is 0. The molecule has 0 unspecified atom stereocenters. The highest BCUT2D eigenvalue weighted by Gasteiger charge is 2.23. The number of amides is 2. The predicted molar refractivity (Wildman–Crippen MR) is 107 cm³/mol. The number of benzene rings is 1. The van der Waals surface area contributed by atoms with Crippen LogP contribution in [0, 0.1) is 0 Å². The Morgan fingerprint density at radius 3 is 2.54 bits per heavy atom. The van der Waals surface area contributed by atoms with Gasteiger partial charge in [-0.2, -0.15) is 0 Å². The number of piperazine rings is 1. The number of nitrogens with zero attached hydrogens (tertiary/aromatic N) is 2. The fraction of sp³-hybridized carbons (Fsp3) is 0.429. The Kier molecular flexibility index (Phi) is 6.71. The zero-order chi connectivity index (χ0) is 19.9. The summed E-state index contributed by atoms with van der Waals surface area (Å²) in [5.41, 5.74) is 0.690. The second-order valence-corrected chi connectivity index (χ2v) is 7.07. The number of nitrogens with one attached hydrogen (secondary N) is 1. The second kappa shape index (κ2) is 9.41. The number of ether oxygens (including phenoxy) is 1. The van der Waals surface area contributed by atoms with Crippen LogP contribution in [0.4, 0.5) is 5.69 Å². The van der Waals surface area contributed by atoms with Gasteiger partial charge in [0.25, 0.3) is 5.91 Å². The van der Waals surface area contributed by atoms with Crippen LogP contribution in [-0.2, 0) is 4.79 Å². The fourth-order valence-corrected chi connectivity index (χ4v) is 3.13. The molecule has 0 aliphatic carbocycles. The summed E-state index contributed by atoms with van der Waals surface area (Å²) in [4.78, 5) is 28.6. The van der Waals surface area contributed by atoms with Crippen LogP contribution in [0.3, 0.4) is 0 Å². The number of anilines is 1. The molecule has 0 radical (unpaired) electrons. The van der Waals surface area contributed by atoms with Crippen molar-refractivity contribution < 1.29 is 18.7 Å². The summed E-state index contributed by atoms with van der Waals surface area (Å²) in [7, 11) is 0. The van der Waals surface area contributed by atoms with Crippen molar-refractivity contribution in [1.29, 1.82) is 0 Å². The maximum absolute atomic E-state index is 12.4. The fourth-order valence-electron chi connectivity index (χ4n) is 3.13. The van der Waals surface area contributed by atoms with E-state index in [1.54, 1.807) is 17.0 Å². The van der Waals surface area contributed by atoms with Gasteiger partial charge in [-0.1, -0.05) is 12.1 Å². The standard InChI is InChI=1S/C21H27N3O4/c1-16(2)28-18-7-4-3-6-17(18)22-20(25)9-10-23-11-13-24(14-12-23)21(26)19-8-5-15-27-19/h3-8,15-16H,9-14H2,1-2H3,(H,22,25). The van der Waals surface area contributed by atoms with Crippen LogP contribution in [0.25, 0.3) is 0 Å². The number of para-hydroxylation sites is 2. The number of rotatable bonds is 7. The lowest BCUT2D eigenvalue weighted by molar-refractivity contribution is -0.116. The minimum Gasteiger partial charge on any atom is -0.489 e. The maximum Gasteiger partial charge on any atom is 0.289 e. The van der Waals surface area contributed by atoms with Crippen molar-refractivity contribution in [2.75, 3.05) is 38.0 Å². The molecule has 0 saturated carbocycles. The van der Waals surface area contributed by atoms with Gasteiger partial charge in [-0.3, -0.25) is 14.5 Å². The number of carbonyl (C=O) groups is 2. The molecule has 0 spiro atoms. The molecule has 0 atom stereocenters. The smallest absolute Gasteiger partial charge is 0.289 e. The van der Waals surface area contributed by atoms with E-state index >= 15 is 0 Å². The second-order valence-electron chi connectivity index (χ2n) is 7.07. The summed E-state index contributed by atoms with van der Waals surface area (Å²) in [6.45, 7) is 7.31. The van der Waals surface area contributed by atoms with Gasteiger partial charge in [-0.05, 0) is 38.1 Å². The van der Waals surface area contributed by atoms with Gasteiger partial charge in [0, 0.05) is 39.1 Å². The van der Waals surface area contributed by atoms with Crippen LogP contribution in [0.2, 0.25) is 0 Å². The van der Waals surface area contributed by atoms with E-state index < -0.39 is 0 Å². The van der Waals surface area contributed by atoms with E-state index in [9.17, 15) is 9.59 Å². The van der Waals surface area contributed by atoms with Crippen LogP contribution in [0.15, 0.2) is 47.1 Å². The summed E-state index contributed by atoms with van der Waals surface area (Å²) in [6, 6.07) is 10.8. The number of hydrogen-bond acceptors (Lipinski definition) is 5. The van der Waals surface area contributed by atoms with Gasteiger partial charge in [-0.25, -0.2) is 0 Å². The molecule has 1 aromatic carbocycles. The molecule has 1 fully saturated rings. The summed E-state index contributed by atoms with van der Waals surface area (Å²) in [5.74, 6) is 0.920. The lowest BCUT2D eigenvalue weighted by atomic mass is 10.2. The van der Waals surface area contributed by atoms with E-state index in [4.69, 9.17) is 9.15 Å². The zero-order valence-corrected chi connectivity index (χ0v) is 16.4. The molecule has 2 amide bonds. The van der Waals surface area contributed by atoms with Crippen LogP contribution in [-0.4, -0.2) is 60.4 Å². The SMILES string of the molecule is CC(C)Oc1ccccc1NC(=O)CCN1CCN(C(=O)c2ccco2)CC1. The first-order chi connectivity index (χ1) is 13.5. The summed E-state index contributed by atoms with van der Waals surface area (Å²) < 4.78 is 10.9. The van der Waals surface area contributed by atoms with Gasteiger partial charge in [0.1, 0.15) is 5.75 Å². The largest absolute Gasteiger partial charge is 0.489 e. The molecule has 3 rings (SSSR count). The van der Waals surface area contributed by atoms with Gasteiger partial charge in [0.2, 0.25) is 5.91 Å². The number of hydrogen-bond donors (Lipinski definition) is 1. The molecule has 1 aliphatic heterocycles. The Balaban J connectivity index is 1.43. The Labute approximate surface area is 165 Å². The quantitative estimate of drug-likeness (QED) is 0.793. The molecule has 1 aromatic heterocycles. The highest BCUT2D eigenvalue weighted by atomic mass is 16.5. The molecular weight excluding hydrogens is 358 g/mol. The Morgan fingerprint density at radius 1 is 1.11 bits per heavy atom. The maximum atomic E-state index is 12.4. The molecular formula is C21H27N3O4. The highest BCUT2D eigenvalue weighted by molar-refractivity contribution is 5.92. The molecule has 2 heterocycles. The van der Waals surface area contributed by atoms with Crippen molar-refractivity contribution in [2.45, 2.75) is 26.4 Å². The molecule has 150 valence electrons. The minimum atomic E-state index is -0.0795. The molecule has 1 N–H and O–H groups in total. The minimum absolute atomic E-state index is 0.0400. The summed E-state index contributed by atoms with van der Waals surface area (Å²) in [5, 5.41) is 2.93. The van der Waals surface area contributed by atoms with Crippen LogP contribution < -0.4 is 10.1 Å². The molecule has 28 heavy (non-hydrogen) atoms. The first kappa shape index (κ1) is 19.9. The van der Waals surface area contributed by atoms with Gasteiger partial charge >= 0.3 is 0 Å². The van der Waals surface area contributed by atoms with Crippen molar-refractivity contribution in [3.8, 4) is 5.75 Å². The highest BCUT2D eigenvalue weighted by Crippen LogP contribution is 2.25. The van der Waals surface area contributed by atoms with E-state index in [2.05, 4.69) is 10.2 Å². The first-order valence-corrected chi connectivity index (χ1v) is 9.63. The Hall–Kier alpha value is -2.80. The zero-order valence-electron chi connectivity index (χ0n) is 16.4. The third-order valence-corrected chi connectivity index (χ3v) is 4.57. The van der Waals surface area contributed by atoms with Crippen molar-refractivity contribution in [3.63, 3.8) is 0 Å². The lowest BCUT2D eigenvalue weighted by Crippen LogP contribution is -2.49. The average Bonchev–Trinajstić information content (AvgIpc) is 3.22. The van der Waals surface area contributed by atoms with Crippen LogP contribution in [0.1, 0.15) is 30.8 Å². The topological polar surface area (TPSA) is 75.0 Å². The van der Waals surface area contributed by atoms with Crippen molar-refractivity contribution >= 4 is 17.5 Å². The monoisotopic (exact) mass is 385 g/mol. The Bertz CT molecular complexity index is 781. The molecule has 2 aromatic rings. The van der Waals surface area contributed by atoms with Gasteiger partial charge in [0.05, 0.1) is 18.1 Å². The molecule has 7 nitrogen and oxygen atoms in total. The third kappa shape index (κ3) is 5.36. The van der Waals surface area contributed by atoms with Crippen molar-refractivity contribution in [2.24, 2.45) is 0 Å². The molecule has 1 aliphatic rings.